The SMILES string of the molecule is CCCCOS(=O)(=O)O.CCCC[N+]1(C)CCCC1.O=S=O. The molecule has 0 aliphatic carbocycles. The molecule has 22 heavy (non-hydrogen) atoms. The van der Waals surface area contributed by atoms with E-state index in [0.29, 0.717) is 6.42 Å². The van der Waals surface area contributed by atoms with Crippen molar-refractivity contribution in [1.82, 2.24) is 0 Å². The van der Waals surface area contributed by atoms with Gasteiger partial charge in [-0.05, 0) is 12.8 Å². The summed E-state index contributed by atoms with van der Waals surface area (Å²) >= 11 is -0.750. The van der Waals surface area contributed by atoms with Gasteiger partial charge >= 0.3 is 22.0 Å². The Balaban J connectivity index is 0. The summed E-state index contributed by atoms with van der Waals surface area (Å²) in [7, 11) is -1.79. The molecule has 9 heteroatoms. The lowest BCUT2D eigenvalue weighted by Crippen LogP contribution is -2.41. The molecule has 1 rings (SSSR count). The quantitative estimate of drug-likeness (QED) is 0.423. The Kier molecular flexibility index (Phi) is 15.5. The molecule has 1 N–H and O–H groups in total. The van der Waals surface area contributed by atoms with Gasteiger partial charge in [-0.2, -0.15) is 16.8 Å². The van der Waals surface area contributed by atoms with Gasteiger partial charge in [-0.15, -0.1) is 0 Å². The normalized spacial score (nSPS) is 16.0. The van der Waals surface area contributed by atoms with Crippen molar-refractivity contribution < 1.29 is 30.1 Å². The zero-order chi connectivity index (χ0) is 17.5. The molecule has 0 amide bonds. The average molecular weight is 361 g/mol. The van der Waals surface area contributed by atoms with Crippen molar-refractivity contribution in [2.24, 2.45) is 0 Å². The summed E-state index contributed by atoms with van der Waals surface area (Å²) in [5.74, 6) is 0. The predicted molar refractivity (Wildman–Crippen MR) is 86.3 cm³/mol. The molecule has 7 nitrogen and oxygen atoms in total. The highest BCUT2D eigenvalue weighted by Gasteiger charge is 2.25. The molecule has 0 radical (unpaired) electrons. The highest BCUT2D eigenvalue weighted by Crippen LogP contribution is 2.16. The van der Waals surface area contributed by atoms with Crippen molar-refractivity contribution in [2.45, 2.75) is 52.4 Å². The summed E-state index contributed by atoms with van der Waals surface area (Å²) in [6, 6.07) is 0. The number of likely N-dealkylation sites (tertiary alicyclic amines) is 1. The summed E-state index contributed by atoms with van der Waals surface area (Å²) in [4.78, 5) is 0. The number of quaternary nitrogens is 1. The molecule has 0 aromatic carbocycles. The third-order valence-electron chi connectivity index (χ3n) is 3.43. The van der Waals surface area contributed by atoms with Crippen LogP contribution in [0.15, 0.2) is 0 Å². The molecule has 0 aromatic heterocycles. The fraction of sp³-hybridized carbons (Fsp3) is 1.00. The summed E-state index contributed by atoms with van der Waals surface area (Å²) in [6.45, 7) is 8.52. The maximum Gasteiger partial charge on any atom is 0.397 e. The van der Waals surface area contributed by atoms with E-state index >= 15 is 0 Å². The second kappa shape index (κ2) is 14.3. The molecule has 1 aliphatic rings. The van der Waals surface area contributed by atoms with Gasteiger partial charge in [0.15, 0.2) is 0 Å². The number of nitrogens with zero attached hydrogens (tertiary/aromatic N) is 1. The van der Waals surface area contributed by atoms with Crippen LogP contribution < -0.4 is 0 Å². The highest BCUT2D eigenvalue weighted by molar-refractivity contribution is 7.80. The second-order valence-corrected chi connectivity index (χ2v) is 6.75. The van der Waals surface area contributed by atoms with Crippen LogP contribution in [0.25, 0.3) is 0 Å². The molecule has 0 aromatic rings. The Hall–Kier alpha value is -0.350. The number of hydrogen-bond acceptors (Lipinski definition) is 5. The van der Waals surface area contributed by atoms with E-state index in [1.165, 1.54) is 49.8 Å². The van der Waals surface area contributed by atoms with Crippen LogP contribution in [0.5, 0.6) is 0 Å². The minimum absolute atomic E-state index is 0.0648. The van der Waals surface area contributed by atoms with Crippen LogP contribution in [0, 0.1) is 0 Å². The minimum Gasteiger partial charge on any atom is -0.326 e. The van der Waals surface area contributed by atoms with Crippen molar-refractivity contribution in [3.63, 3.8) is 0 Å². The van der Waals surface area contributed by atoms with E-state index in [1.807, 2.05) is 6.92 Å². The highest BCUT2D eigenvalue weighted by atomic mass is 32.3. The lowest BCUT2D eigenvalue weighted by molar-refractivity contribution is -0.897. The van der Waals surface area contributed by atoms with E-state index in [2.05, 4.69) is 18.2 Å². The molecule has 0 spiro atoms. The first-order chi connectivity index (χ1) is 10.2. The first kappa shape index (κ1) is 23.9. The molecular formula is C13H30NO6S2+. The molecule has 0 unspecified atom stereocenters. The minimum atomic E-state index is -4.20. The average Bonchev–Trinajstić information content (AvgIpc) is 2.85. The Labute approximate surface area is 138 Å². The van der Waals surface area contributed by atoms with Gasteiger partial charge in [0, 0.05) is 12.8 Å². The van der Waals surface area contributed by atoms with Gasteiger partial charge in [-0.25, -0.2) is 4.18 Å². The molecule has 0 atom stereocenters. The van der Waals surface area contributed by atoms with E-state index in [9.17, 15) is 8.42 Å². The van der Waals surface area contributed by atoms with Crippen molar-refractivity contribution in [3.8, 4) is 0 Å². The van der Waals surface area contributed by atoms with Gasteiger partial charge < -0.3 is 4.48 Å². The van der Waals surface area contributed by atoms with E-state index in [-0.39, 0.29) is 6.61 Å². The van der Waals surface area contributed by atoms with Crippen LogP contribution in [0.1, 0.15) is 52.4 Å². The molecule has 0 saturated carbocycles. The van der Waals surface area contributed by atoms with Gasteiger partial charge in [0.1, 0.15) is 0 Å². The maximum atomic E-state index is 9.84. The van der Waals surface area contributed by atoms with Gasteiger partial charge in [-0.1, -0.05) is 26.7 Å². The molecule has 1 aliphatic heterocycles. The Bertz CT molecular complexity index is 387. The standard InChI is InChI=1S/C9H20N.C4H10O4S.O2S/c1-3-4-7-10(2)8-5-6-9-10;1-2-3-4-8-9(5,6)7;1-3-2/h3-9H2,1-2H3;2-4H2,1H3,(H,5,6,7);/q+1;;. The summed E-state index contributed by atoms with van der Waals surface area (Å²) in [6.07, 6.45) is 7.17. The van der Waals surface area contributed by atoms with Crippen LogP contribution >= 0.6 is 0 Å². The van der Waals surface area contributed by atoms with Gasteiger partial charge in [0.25, 0.3) is 0 Å². The summed E-state index contributed by atoms with van der Waals surface area (Å²) < 4.78 is 49.6. The van der Waals surface area contributed by atoms with Crippen LogP contribution in [-0.4, -0.2) is 59.2 Å². The Morgan fingerprint density at radius 3 is 1.91 bits per heavy atom. The predicted octanol–water partition coefficient (Wildman–Crippen LogP) is 1.96. The zero-order valence-corrected chi connectivity index (χ0v) is 15.5. The fourth-order valence-corrected chi connectivity index (χ4v) is 2.50. The second-order valence-electron chi connectivity index (χ2n) is 5.52. The topological polar surface area (TPSA) is 97.7 Å². The Morgan fingerprint density at radius 1 is 1.09 bits per heavy atom. The molecule has 134 valence electrons. The van der Waals surface area contributed by atoms with Gasteiger partial charge in [0.05, 0.1) is 33.3 Å². The molecule has 1 heterocycles. The van der Waals surface area contributed by atoms with Crippen molar-refractivity contribution in [2.75, 3.05) is 33.3 Å². The zero-order valence-electron chi connectivity index (χ0n) is 13.8. The largest absolute Gasteiger partial charge is 0.397 e. The number of hydrogen-bond donors (Lipinski definition) is 1. The molecule has 1 fully saturated rings. The first-order valence-electron chi connectivity index (χ1n) is 7.61. The maximum absolute atomic E-state index is 9.84. The molecular weight excluding hydrogens is 330 g/mol. The van der Waals surface area contributed by atoms with E-state index in [1.54, 1.807) is 0 Å². The number of unbranched alkanes of at least 4 members (excludes halogenated alkanes) is 2. The molecule has 1 saturated heterocycles. The van der Waals surface area contributed by atoms with Crippen LogP contribution in [-0.2, 0) is 26.2 Å². The van der Waals surface area contributed by atoms with Crippen molar-refractivity contribution in [1.29, 1.82) is 0 Å². The summed E-state index contributed by atoms with van der Waals surface area (Å²) in [5, 5.41) is 0. The van der Waals surface area contributed by atoms with E-state index in [4.69, 9.17) is 13.0 Å². The fourth-order valence-electron chi connectivity index (χ4n) is 2.17. The third-order valence-corrected chi connectivity index (χ3v) is 3.89. The van der Waals surface area contributed by atoms with Crippen LogP contribution in [0.2, 0.25) is 0 Å². The lowest BCUT2D eigenvalue weighted by atomic mass is 10.3. The van der Waals surface area contributed by atoms with Gasteiger partial charge in [-0.3, -0.25) is 4.55 Å². The Morgan fingerprint density at radius 2 is 1.55 bits per heavy atom. The van der Waals surface area contributed by atoms with E-state index in [0.717, 1.165) is 6.42 Å². The lowest BCUT2D eigenvalue weighted by Gasteiger charge is -2.28. The van der Waals surface area contributed by atoms with Crippen LogP contribution in [0.3, 0.4) is 0 Å². The summed E-state index contributed by atoms with van der Waals surface area (Å²) in [5.41, 5.74) is 0. The molecule has 0 bridgehead atoms. The first-order valence-corrected chi connectivity index (χ1v) is 9.65. The third kappa shape index (κ3) is 17.7. The smallest absolute Gasteiger partial charge is 0.326 e. The monoisotopic (exact) mass is 360 g/mol. The van der Waals surface area contributed by atoms with Crippen molar-refractivity contribution in [3.05, 3.63) is 0 Å². The van der Waals surface area contributed by atoms with Gasteiger partial charge in [0.2, 0.25) is 0 Å². The van der Waals surface area contributed by atoms with Crippen molar-refractivity contribution >= 4 is 22.0 Å². The van der Waals surface area contributed by atoms with Crippen LogP contribution in [0.4, 0.5) is 0 Å². The number of rotatable bonds is 7. The van der Waals surface area contributed by atoms with E-state index < -0.39 is 22.0 Å².